The van der Waals surface area contributed by atoms with E-state index in [4.69, 9.17) is 14.2 Å². The van der Waals surface area contributed by atoms with Gasteiger partial charge in [0.15, 0.2) is 0 Å². The second-order valence-corrected chi connectivity index (χ2v) is 12.0. The molecular weight excluding hydrogens is 508 g/mol. The van der Waals surface area contributed by atoms with E-state index >= 15 is 0 Å². The monoisotopic (exact) mass is 554 g/mol. The second-order valence-electron chi connectivity index (χ2n) is 12.0. The lowest BCUT2D eigenvalue weighted by Crippen LogP contribution is -2.45. The lowest BCUT2D eigenvalue weighted by molar-refractivity contribution is 0.0739. The van der Waals surface area contributed by atoms with Crippen molar-refractivity contribution in [2.24, 2.45) is 0 Å². The van der Waals surface area contributed by atoms with Crippen molar-refractivity contribution in [1.82, 2.24) is 9.80 Å². The number of rotatable bonds is 11. The van der Waals surface area contributed by atoms with E-state index in [9.17, 15) is 0 Å². The molecule has 0 amide bonds. The summed E-state index contributed by atoms with van der Waals surface area (Å²) in [6.07, 6.45) is 11.6. The van der Waals surface area contributed by atoms with E-state index < -0.39 is 0 Å². The summed E-state index contributed by atoms with van der Waals surface area (Å²) in [6, 6.07) is 24.3. The molecule has 2 heterocycles. The first-order valence-electron chi connectivity index (χ1n) is 15.9. The molecule has 0 spiro atoms. The molecule has 5 heteroatoms. The van der Waals surface area contributed by atoms with Crippen LogP contribution in [0.5, 0.6) is 17.2 Å². The Kier molecular flexibility index (Phi) is 9.44. The molecule has 218 valence electrons. The van der Waals surface area contributed by atoms with Gasteiger partial charge in [0.05, 0.1) is 7.11 Å². The van der Waals surface area contributed by atoms with Gasteiger partial charge in [-0.1, -0.05) is 36.8 Å². The highest BCUT2D eigenvalue weighted by molar-refractivity contribution is 5.70. The number of methoxy groups -OCH3 is 1. The highest BCUT2D eigenvalue weighted by Crippen LogP contribution is 2.33. The zero-order valence-electron chi connectivity index (χ0n) is 24.7. The van der Waals surface area contributed by atoms with Crippen LogP contribution in [0.4, 0.5) is 0 Å². The quantitative estimate of drug-likeness (QED) is 0.250. The summed E-state index contributed by atoms with van der Waals surface area (Å²) in [6.45, 7) is 6.63. The lowest BCUT2D eigenvalue weighted by Gasteiger charge is -2.35. The van der Waals surface area contributed by atoms with Crippen molar-refractivity contribution in [1.29, 1.82) is 0 Å². The van der Waals surface area contributed by atoms with Crippen LogP contribution in [-0.4, -0.2) is 68.4 Å². The molecule has 3 aliphatic rings. The van der Waals surface area contributed by atoms with Crippen molar-refractivity contribution in [2.75, 3.05) is 46.4 Å². The molecule has 3 fully saturated rings. The van der Waals surface area contributed by atoms with Crippen LogP contribution >= 0.6 is 0 Å². The number of nitrogens with zero attached hydrogens (tertiary/aromatic N) is 2. The fourth-order valence-electron chi connectivity index (χ4n) is 6.93. The summed E-state index contributed by atoms with van der Waals surface area (Å²) in [5.41, 5.74) is 4.94. The number of hydrogen-bond donors (Lipinski definition) is 0. The zero-order valence-corrected chi connectivity index (χ0v) is 24.7. The highest BCUT2D eigenvalue weighted by Gasteiger charge is 2.34. The first kappa shape index (κ1) is 28.1. The molecule has 5 nitrogen and oxygen atoms in total. The van der Waals surface area contributed by atoms with Crippen LogP contribution in [0.3, 0.4) is 0 Å². The summed E-state index contributed by atoms with van der Waals surface area (Å²) in [7, 11) is 1.73. The largest absolute Gasteiger partial charge is 0.497 e. The molecule has 0 aromatic heterocycles. The van der Waals surface area contributed by atoms with Gasteiger partial charge in [0.25, 0.3) is 0 Å². The maximum Gasteiger partial charge on any atom is 0.119 e. The summed E-state index contributed by atoms with van der Waals surface area (Å²) >= 11 is 0. The van der Waals surface area contributed by atoms with Gasteiger partial charge in [-0.2, -0.15) is 0 Å². The molecule has 41 heavy (non-hydrogen) atoms. The zero-order chi connectivity index (χ0) is 27.9. The van der Waals surface area contributed by atoms with Crippen LogP contribution in [0.1, 0.15) is 62.5 Å². The molecule has 2 unspecified atom stereocenters. The number of ether oxygens (including phenoxy) is 3. The molecule has 6 rings (SSSR count). The Morgan fingerprint density at radius 3 is 2.17 bits per heavy atom. The summed E-state index contributed by atoms with van der Waals surface area (Å²) < 4.78 is 18.2. The third-order valence-corrected chi connectivity index (χ3v) is 9.24. The van der Waals surface area contributed by atoms with Gasteiger partial charge in [-0.15, -0.1) is 0 Å². The van der Waals surface area contributed by atoms with E-state index in [1.54, 1.807) is 7.11 Å². The average molecular weight is 555 g/mol. The van der Waals surface area contributed by atoms with Gasteiger partial charge in [-0.05, 0) is 136 Å². The number of hydrogen-bond acceptors (Lipinski definition) is 5. The Hall–Kier alpha value is -3.02. The van der Waals surface area contributed by atoms with Crippen molar-refractivity contribution >= 4 is 0 Å². The summed E-state index contributed by atoms with van der Waals surface area (Å²) in [4.78, 5) is 5.17. The lowest BCUT2D eigenvalue weighted by atomic mass is 9.94. The number of likely N-dealkylation sites (tertiary alicyclic amines) is 2. The van der Waals surface area contributed by atoms with Gasteiger partial charge < -0.3 is 14.2 Å². The van der Waals surface area contributed by atoms with Gasteiger partial charge in [0.1, 0.15) is 30.0 Å². The van der Waals surface area contributed by atoms with E-state index in [1.165, 1.54) is 99.8 Å². The van der Waals surface area contributed by atoms with E-state index in [1.807, 2.05) is 0 Å². The Morgan fingerprint density at radius 1 is 0.707 bits per heavy atom. The van der Waals surface area contributed by atoms with Gasteiger partial charge in [0.2, 0.25) is 0 Å². The Morgan fingerprint density at radius 2 is 1.41 bits per heavy atom. The summed E-state index contributed by atoms with van der Waals surface area (Å²) in [5.74, 6) is 2.80. The van der Waals surface area contributed by atoms with Crippen LogP contribution in [-0.2, 0) is 6.42 Å². The van der Waals surface area contributed by atoms with E-state index in [0.29, 0.717) is 12.1 Å². The third kappa shape index (κ3) is 7.25. The van der Waals surface area contributed by atoms with Gasteiger partial charge >= 0.3 is 0 Å². The normalized spacial score (nSPS) is 21.7. The Bertz CT molecular complexity index is 1230. The molecule has 0 radical (unpaired) electrons. The maximum atomic E-state index is 6.56. The molecule has 1 aliphatic carbocycles. The van der Waals surface area contributed by atoms with Gasteiger partial charge in [0, 0.05) is 12.6 Å². The SMILES string of the molecule is COc1ccc(Cc2ccc(OC3CCCC3N3CCCCC3)cc2)c(-c2ccc(OCCN3CCCC3)cc2)c1. The minimum Gasteiger partial charge on any atom is -0.497 e. The molecule has 1 saturated carbocycles. The molecule has 3 aromatic rings. The van der Waals surface area contributed by atoms with Crippen LogP contribution in [0.15, 0.2) is 66.7 Å². The summed E-state index contributed by atoms with van der Waals surface area (Å²) in [5, 5.41) is 0. The molecular formula is C36H46N2O3. The standard InChI is InChI=1S/C36H46N2O3/c1-39-33-19-14-30(34(27-33)29-12-17-31(18-13-29)40-25-24-37-20-5-6-21-37)26-28-10-15-32(16-11-28)41-36-9-7-8-35(36)38-22-3-2-4-23-38/h10-19,27,35-36H,2-9,20-26H2,1H3. The number of benzene rings is 3. The van der Waals surface area contributed by atoms with Crippen molar-refractivity contribution < 1.29 is 14.2 Å². The van der Waals surface area contributed by atoms with Crippen molar-refractivity contribution in [3.8, 4) is 28.4 Å². The Balaban J connectivity index is 1.10. The predicted octanol–water partition coefficient (Wildman–Crippen LogP) is 7.21. The first-order chi connectivity index (χ1) is 20.2. The van der Waals surface area contributed by atoms with Gasteiger partial charge in [-0.25, -0.2) is 0 Å². The van der Waals surface area contributed by atoms with Gasteiger partial charge in [-0.3, -0.25) is 9.80 Å². The molecule has 0 bridgehead atoms. The van der Waals surface area contributed by atoms with Crippen LogP contribution in [0.25, 0.3) is 11.1 Å². The first-order valence-corrected chi connectivity index (χ1v) is 15.9. The van der Waals surface area contributed by atoms with Crippen LogP contribution in [0.2, 0.25) is 0 Å². The van der Waals surface area contributed by atoms with Crippen LogP contribution < -0.4 is 14.2 Å². The van der Waals surface area contributed by atoms with E-state index in [-0.39, 0.29) is 0 Å². The highest BCUT2D eigenvalue weighted by atomic mass is 16.5. The molecule has 2 saturated heterocycles. The predicted molar refractivity (Wildman–Crippen MR) is 166 cm³/mol. The topological polar surface area (TPSA) is 34.2 Å². The second kappa shape index (κ2) is 13.8. The average Bonchev–Trinajstić information content (AvgIpc) is 3.72. The Labute approximate surface area is 246 Å². The van der Waals surface area contributed by atoms with Crippen molar-refractivity contribution in [3.05, 3.63) is 77.9 Å². The fourth-order valence-corrected chi connectivity index (χ4v) is 6.93. The van der Waals surface area contributed by atoms with Crippen molar-refractivity contribution in [2.45, 2.75) is 69.9 Å². The molecule has 2 atom stereocenters. The third-order valence-electron chi connectivity index (χ3n) is 9.24. The maximum absolute atomic E-state index is 6.56. The minimum atomic E-state index is 0.319. The smallest absolute Gasteiger partial charge is 0.119 e. The molecule has 2 aliphatic heterocycles. The van der Waals surface area contributed by atoms with Crippen molar-refractivity contribution in [3.63, 3.8) is 0 Å². The fraction of sp³-hybridized carbons (Fsp3) is 0.500. The van der Waals surface area contributed by atoms with E-state index in [0.717, 1.165) is 36.8 Å². The molecule has 0 N–H and O–H groups in total. The van der Waals surface area contributed by atoms with E-state index in [2.05, 4.69) is 76.5 Å². The number of piperidine rings is 1. The minimum absolute atomic E-state index is 0.319. The van der Waals surface area contributed by atoms with Crippen LogP contribution in [0, 0.1) is 0 Å². The molecule has 3 aromatic carbocycles.